The molecule has 5 heteroatoms. The fraction of sp³-hybridized carbons (Fsp3) is 0.500. The van der Waals surface area contributed by atoms with E-state index in [0.29, 0.717) is 13.1 Å². The van der Waals surface area contributed by atoms with E-state index in [1.165, 1.54) is 0 Å². The summed E-state index contributed by atoms with van der Waals surface area (Å²) in [5.41, 5.74) is 2.11. The number of aryl methyl sites for hydroxylation is 1. The van der Waals surface area contributed by atoms with Crippen molar-refractivity contribution in [2.75, 3.05) is 13.6 Å². The van der Waals surface area contributed by atoms with Crippen LogP contribution in [0.15, 0.2) is 24.3 Å². The van der Waals surface area contributed by atoms with Gasteiger partial charge in [-0.05, 0) is 26.5 Å². The van der Waals surface area contributed by atoms with Crippen LogP contribution in [0, 0.1) is 6.92 Å². The Morgan fingerprint density at radius 1 is 1.35 bits per heavy atom. The maximum Gasteiger partial charge on any atom is 0.215 e. The van der Waals surface area contributed by atoms with E-state index in [-0.39, 0.29) is 0 Å². The van der Waals surface area contributed by atoms with Crippen molar-refractivity contribution in [3.8, 4) is 0 Å². The van der Waals surface area contributed by atoms with Gasteiger partial charge in [-0.15, -0.1) is 0 Å². The monoisotopic (exact) mass is 256 g/mol. The third-order valence-corrected chi connectivity index (χ3v) is 4.35. The molecule has 0 aromatic heterocycles. The predicted octanol–water partition coefficient (Wildman–Crippen LogP) is 1.02. The molecule has 0 aliphatic carbocycles. The van der Waals surface area contributed by atoms with Crippen LogP contribution in [0.4, 0.5) is 0 Å². The first-order valence-corrected chi connectivity index (χ1v) is 7.19. The van der Waals surface area contributed by atoms with E-state index >= 15 is 0 Å². The molecule has 1 aromatic rings. The minimum atomic E-state index is -3.25. The molecular weight excluding hydrogens is 236 g/mol. The molecular formula is C12H20N2O2S. The first kappa shape index (κ1) is 14.2. The molecule has 1 aromatic carbocycles. The van der Waals surface area contributed by atoms with Crippen molar-refractivity contribution in [3.63, 3.8) is 0 Å². The molecule has 0 amide bonds. The van der Waals surface area contributed by atoms with Gasteiger partial charge in [-0.1, -0.05) is 29.8 Å². The van der Waals surface area contributed by atoms with Crippen molar-refractivity contribution >= 4 is 10.0 Å². The lowest BCUT2D eigenvalue weighted by Crippen LogP contribution is -2.37. The summed E-state index contributed by atoms with van der Waals surface area (Å²) < 4.78 is 26.3. The zero-order valence-corrected chi connectivity index (χ0v) is 11.3. The van der Waals surface area contributed by atoms with Crippen LogP contribution in [-0.4, -0.2) is 27.3 Å². The number of sulfonamides is 1. The number of hydrogen-bond acceptors (Lipinski definition) is 3. The highest BCUT2D eigenvalue weighted by Crippen LogP contribution is 2.05. The van der Waals surface area contributed by atoms with E-state index in [4.69, 9.17) is 0 Å². The van der Waals surface area contributed by atoms with Gasteiger partial charge in [0, 0.05) is 13.1 Å². The Morgan fingerprint density at radius 2 is 2.06 bits per heavy atom. The van der Waals surface area contributed by atoms with Gasteiger partial charge >= 0.3 is 0 Å². The average molecular weight is 256 g/mol. The molecule has 0 bridgehead atoms. The molecule has 1 rings (SSSR count). The van der Waals surface area contributed by atoms with Crippen molar-refractivity contribution in [2.45, 2.75) is 25.6 Å². The summed E-state index contributed by atoms with van der Waals surface area (Å²) in [5.74, 6) is 0. The second kappa shape index (κ2) is 6.14. The van der Waals surface area contributed by atoms with Crippen LogP contribution in [0.2, 0.25) is 0 Å². The molecule has 0 fully saturated rings. The lowest BCUT2D eigenvalue weighted by molar-refractivity contribution is 0.563. The maximum atomic E-state index is 11.8. The van der Waals surface area contributed by atoms with E-state index in [0.717, 1.165) is 11.1 Å². The largest absolute Gasteiger partial charge is 0.318 e. The third-order valence-electron chi connectivity index (χ3n) is 2.58. The normalized spacial score (nSPS) is 13.6. The van der Waals surface area contributed by atoms with E-state index in [2.05, 4.69) is 10.0 Å². The minimum Gasteiger partial charge on any atom is -0.318 e. The maximum absolute atomic E-state index is 11.8. The number of nitrogens with one attached hydrogen (secondary N) is 2. The molecule has 0 saturated carbocycles. The average Bonchev–Trinajstić information content (AvgIpc) is 2.27. The fourth-order valence-corrected chi connectivity index (χ4v) is 2.58. The summed E-state index contributed by atoms with van der Waals surface area (Å²) in [6.45, 7) is 4.47. The second-order valence-electron chi connectivity index (χ2n) is 4.22. The zero-order valence-electron chi connectivity index (χ0n) is 10.5. The van der Waals surface area contributed by atoms with Gasteiger partial charge in [0.2, 0.25) is 10.0 Å². The van der Waals surface area contributed by atoms with Crippen LogP contribution in [0.3, 0.4) is 0 Å². The van der Waals surface area contributed by atoms with Gasteiger partial charge in [0.1, 0.15) is 0 Å². The Bertz CT molecular complexity index is 457. The van der Waals surface area contributed by atoms with Gasteiger partial charge in [0.15, 0.2) is 0 Å². The second-order valence-corrected chi connectivity index (χ2v) is 6.41. The first-order chi connectivity index (χ1) is 7.95. The quantitative estimate of drug-likeness (QED) is 0.799. The Hall–Kier alpha value is -0.910. The van der Waals surface area contributed by atoms with E-state index < -0.39 is 15.3 Å². The summed E-state index contributed by atoms with van der Waals surface area (Å²) in [5, 5.41) is 2.43. The standard InChI is InChI=1S/C12H20N2O2S/c1-10-5-4-6-12(7-10)9-14-17(15,16)11(2)8-13-3/h4-7,11,13-14H,8-9H2,1-3H3. The van der Waals surface area contributed by atoms with Crippen LogP contribution in [0.25, 0.3) is 0 Å². The number of benzene rings is 1. The van der Waals surface area contributed by atoms with E-state index in [9.17, 15) is 8.42 Å². The molecule has 4 nitrogen and oxygen atoms in total. The zero-order chi connectivity index (χ0) is 12.9. The van der Waals surface area contributed by atoms with Gasteiger partial charge < -0.3 is 5.32 Å². The van der Waals surface area contributed by atoms with Gasteiger partial charge in [-0.25, -0.2) is 13.1 Å². The Kier molecular flexibility index (Phi) is 5.11. The molecule has 1 atom stereocenters. The lowest BCUT2D eigenvalue weighted by Gasteiger charge is -2.13. The first-order valence-electron chi connectivity index (χ1n) is 5.64. The topological polar surface area (TPSA) is 58.2 Å². The number of rotatable bonds is 6. The van der Waals surface area contributed by atoms with Crippen LogP contribution in [0.1, 0.15) is 18.1 Å². The molecule has 0 spiro atoms. The molecule has 0 heterocycles. The Balaban J connectivity index is 2.61. The van der Waals surface area contributed by atoms with Crippen LogP contribution < -0.4 is 10.0 Å². The number of hydrogen-bond donors (Lipinski definition) is 2. The van der Waals surface area contributed by atoms with Crippen molar-refractivity contribution in [3.05, 3.63) is 35.4 Å². The van der Waals surface area contributed by atoms with Gasteiger partial charge in [0.25, 0.3) is 0 Å². The highest BCUT2D eigenvalue weighted by molar-refractivity contribution is 7.90. The fourth-order valence-electron chi connectivity index (χ4n) is 1.55. The van der Waals surface area contributed by atoms with Crippen molar-refractivity contribution in [1.29, 1.82) is 0 Å². The molecule has 17 heavy (non-hydrogen) atoms. The molecule has 0 aliphatic rings. The van der Waals surface area contributed by atoms with Gasteiger partial charge in [-0.2, -0.15) is 0 Å². The van der Waals surface area contributed by atoms with Crippen LogP contribution in [0.5, 0.6) is 0 Å². The minimum absolute atomic E-state index is 0.345. The lowest BCUT2D eigenvalue weighted by atomic mass is 10.1. The Morgan fingerprint density at radius 3 is 2.65 bits per heavy atom. The van der Waals surface area contributed by atoms with Crippen molar-refractivity contribution < 1.29 is 8.42 Å². The summed E-state index contributed by atoms with van der Waals surface area (Å²) in [6.07, 6.45) is 0. The van der Waals surface area contributed by atoms with E-state index in [1.807, 2.05) is 31.2 Å². The van der Waals surface area contributed by atoms with E-state index in [1.54, 1.807) is 14.0 Å². The van der Waals surface area contributed by atoms with Crippen LogP contribution >= 0.6 is 0 Å². The van der Waals surface area contributed by atoms with Crippen molar-refractivity contribution in [1.82, 2.24) is 10.0 Å². The summed E-state index contributed by atoms with van der Waals surface area (Å²) in [6, 6.07) is 7.81. The Labute approximate surface area is 103 Å². The third kappa shape index (κ3) is 4.46. The molecule has 0 saturated heterocycles. The molecule has 96 valence electrons. The van der Waals surface area contributed by atoms with Gasteiger partial charge in [0.05, 0.1) is 5.25 Å². The van der Waals surface area contributed by atoms with Crippen LogP contribution in [-0.2, 0) is 16.6 Å². The smallest absolute Gasteiger partial charge is 0.215 e. The molecule has 0 radical (unpaired) electrons. The summed E-state index contributed by atoms with van der Waals surface area (Å²) in [4.78, 5) is 0. The highest BCUT2D eigenvalue weighted by Gasteiger charge is 2.18. The van der Waals surface area contributed by atoms with Crippen molar-refractivity contribution in [2.24, 2.45) is 0 Å². The predicted molar refractivity (Wildman–Crippen MR) is 70.3 cm³/mol. The van der Waals surface area contributed by atoms with Gasteiger partial charge in [-0.3, -0.25) is 0 Å². The summed E-state index contributed by atoms with van der Waals surface area (Å²) in [7, 11) is -1.50. The summed E-state index contributed by atoms with van der Waals surface area (Å²) >= 11 is 0. The highest BCUT2D eigenvalue weighted by atomic mass is 32.2. The SMILES string of the molecule is CNCC(C)S(=O)(=O)NCc1cccc(C)c1. The molecule has 0 aliphatic heterocycles. The molecule has 1 unspecified atom stereocenters. The molecule has 2 N–H and O–H groups in total.